The van der Waals surface area contributed by atoms with Crippen LogP contribution < -0.4 is 4.98 Å². The predicted octanol–water partition coefficient (Wildman–Crippen LogP) is 3.25. The zero-order valence-electron chi connectivity index (χ0n) is 10.4. The van der Waals surface area contributed by atoms with Crippen molar-refractivity contribution in [3.63, 3.8) is 0 Å². The minimum Gasteiger partial charge on any atom is -0.648 e. The summed E-state index contributed by atoms with van der Waals surface area (Å²) in [4.78, 5) is 8.48. The van der Waals surface area contributed by atoms with Gasteiger partial charge in [-0.3, -0.25) is 0 Å². The maximum absolute atomic E-state index is 4.85. The molecule has 0 spiro atoms. The highest BCUT2D eigenvalue weighted by molar-refractivity contribution is 6.79. The average Bonchev–Trinajstić information content (AvgIpc) is 1.43. The first-order valence-corrected chi connectivity index (χ1v) is 7.89. The van der Waals surface area contributed by atoms with Gasteiger partial charge in [0.15, 0.2) is 0 Å². The molecule has 0 aliphatic carbocycles. The van der Waals surface area contributed by atoms with E-state index in [1.54, 1.807) is 0 Å². The smallest absolute Gasteiger partial charge is 0.00673 e. The maximum atomic E-state index is 4.85. The minimum atomic E-state index is -1.60. The van der Waals surface area contributed by atoms with Crippen molar-refractivity contribution in [3.05, 3.63) is 4.98 Å². The van der Waals surface area contributed by atoms with Crippen LogP contribution in [-0.4, -0.2) is 19.5 Å². The lowest BCUT2D eigenvalue weighted by molar-refractivity contribution is 0.510. The van der Waals surface area contributed by atoms with Crippen LogP contribution in [0.15, 0.2) is 0 Å². The summed E-state index contributed by atoms with van der Waals surface area (Å²) in [5.41, 5.74) is 0.248. The highest BCUT2D eigenvalue weighted by Crippen LogP contribution is 2.23. The van der Waals surface area contributed by atoms with E-state index >= 15 is 0 Å². The second-order valence-corrected chi connectivity index (χ2v) is 9.81. The fourth-order valence-electron chi connectivity index (χ4n) is 1.78. The second-order valence-electron chi connectivity index (χ2n) is 6.22. The van der Waals surface area contributed by atoms with Gasteiger partial charge in [-0.15, -0.1) is 5.54 Å². The van der Waals surface area contributed by atoms with E-state index in [0.717, 1.165) is 0 Å². The van der Waals surface area contributed by atoms with Gasteiger partial charge in [0, 0.05) is 13.9 Å². The van der Waals surface area contributed by atoms with Gasteiger partial charge >= 0.3 is 0 Å². The van der Waals surface area contributed by atoms with Crippen molar-refractivity contribution in [3.8, 4) is 0 Å². The lowest BCUT2D eigenvalue weighted by Gasteiger charge is -2.52. The van der Waals surface area contributed by atoms with Crippen molar-refractivity contribution in [2.45, 2.75) is 65.7 Å². The molecule has 1 N–H and O–H groups in total. The van der Waals surface area contributed by atoms with Gasteiger partial charge in [0.2, 0.25) is 0 Å². The first kappa shape index (κ1) is 13.1. The molecule has 0 saturated heterocycles. The van der Waals surface area contributed by atoms with E-state index in [2.05, 4.69) is 59.6 Å². The van der Waals surface area contributed by atoms with Crippen molar-refractivity contribution in [1.82, 2.24) is 4.98 Å². The number of nitrogens with zero attached hydrogens (tertiary/aromatic N) is 1. The third kappa shape index (κ3) is 8.47. The molecule has 0 aromatic heterocycles. The first-order valence-electron chi connectivity index (χ1n) is 4.95. The third-order valence-corrected chi connectivity index (χ3v) is 3.89. The molecule has 0 bridgehead atoms. The highest BCUT2D eigenvalue weighted by atomic mass is 28.3. The fraction of sp³-hybridized carbons (Fsp3) is 1.00. The van der Waals surface area contributed by atoms with Gasteiger partial charge in [0.25, 0.3) is 0 Å². The molecular formula is C10H25N2Si-. The number of hydrogen-bond donors (Lipinski definition) is 1. The number of rotatable bonds is 2. The van der Waals surface area contributed by atoms with Crippen LogP contribution in [-0.2, 0) is 0 Å². The van der Waals surface area contributed by atoms with E-state index in [0.29, 0.717) is 0 Å². The van der Waals surface area contributed by atoms with Crippen molar-refractivity contribution >= 4 is 8.40 Å². The molecule has 0 amide bonds. The SMILES string of the molecule is CC(C)(C)[N-][Si](C)(C)NC(C)(C)C. The van der Waals surface area contributed by atoms with Gasteiger partial charge in [-0.25, -0.2) is 0 Å². The van der Waals surface area contributed by atoms with Gasteiger partial charge < -0.3 is 9.96 Å². The molecule has 0 aromatic carbocycles. The standard InChI is InChI=1S/C10H25N2Si/c1-9(2,3)11-13(7,8)12-10(4,5)6/h11H,1-8H3/q-1. The van der Waals surface area contributed by atoms with Crippen molar-refractivity contribution < 1.29 is 0 Å². The molecule has 13 heavy (non-hydrogen) atoms. The van der Waals surface area contributed by atoms with Crippen LogP contribution in [0.25, 0.3) is 4.98 Å². The summed E-state index contributed by atoms with van der Waals surface area (Å²) in [6.45, 7) is 17.6. The molecule has 0 rings (SSSR count). The lowest BCUT2D eigenvalue weighted by atomic mass is 10.1. The third-order valence-electron chi connectivity index (χ3n) is 1.30. The van der Waals surface area contributed by atoms with E-state index in [1.165, 1.54) is 0 Å². The van der Waals surface area contributed by atoms with E-state index in [-0.39, 0.29) is 11.1 Å². The van der Waals surface area contributed by atoms with E-state index < -0.39 is 8.40 Å². The quantitative estimate of drug-likeness (QED) is 0.682. The normalized spacial score (nSPS) is 14.8. The van der Waals surface area contributed by atoms with E-state index in [1.807, 2.05) is 0 Å². The Hall–Kier alpha value is 0.137. The second kappa shape index (κ2) is 3.71. The van der Waals surface area contributed by atoms with Crippen LogP contribution in [0.2, 0.25) is 13.1 Å². The molecule has 0 aliphatic rings. The topological polar surface area (TPSA) is 26.1 Å². The molecule has 0 aromatic rings. The molecular weight excluding hydrogens is 176 g/mol. The average molecular weight is 201 g/mol. The van der Waals surface area contributed by atoms with Gasteiger partial charge in [-0.2, -0.15) is 0 Å². The summed E-state index contributed by atoms with van der Waals surface area (Å²) >= 11 is 0. The summed E-state index contributed by atoms with van der Waals surface area (Å²) in [5, 5.41) is 0. The summed E-state index contributed by atoms with van der Waals surface area (Å²) in [5.74, 6) is 0. The summed E-state index contributed by atoms with van der Waals surface area (Å²) in [6, 6.07) is 0. The van der Waals surface area contributed by atoms with Crippen molar-refractivity contribution in [1.29, 1.82) is 0 Å². The molecule has 2 nitrogen and oxygen atoms in total. The minimum absolute atomic E-state index is 0.0774. The number of hydrogen-bond acceptors (Lipinski definition) is 1. The monoisotopic (exact) mass is 201 g/mol. The van der Waals surface area contributed by atoms with Crippen LogP contribution in [0.4, 0.5) is 0 Å². The molecule has 80 valence electrons. The van der Waals surface area contributed by atoms with Crippen LogP contribution in [0, 0.1) is 0 Å². The first-order chi connectivity index (χ1) is 5.41. The molecule has 0 fully saturated rings. The fourth-order valence-corrected chi connectivity index (χ4v) is 5.35. The number of nitrogens with one attached hydrogen (secondary N) is 1. The Balaban J connectivity index is 4.25. The van der Waals surface area contributed by atoms with Gasteiger partial charge in [-0.05, 0) is 20.8 Å². The Kier molecular flexibility index (Phi) is 3.75. The lowest BCUT2D eigenvalue weighted by Crippen LogP contribution is -2.55. The van der Waals surface area contributed by atoms with Crippen LogP contribution in [0.3, 0.4) is 0 Å². The highest BCUT2D eigenvalue weighted by Gasteiger charge is 2.19. The summed E-state index contributed by atoms with van der Waals surface area (Å²) < 4.78 is 0. The summed E-state index contributed by atoms with van der Waals surface area (Å²) in [6.07, 6.45) is 0. The van der Waals surface area contributed by atoms with Crippen LogP contribution in [0.1, 0.15) is 41.5 Å². The largest absolute Gasteiger partial charge is 0.648 e. The molecule has 0 aliphatic heterocycles. The Bertz CT molecular complexity index is 145. The molecule has 0 radical (unpaired) electrons. The van der Waals surface area contributed by atoms with Gasteiger partial charge in [0.05, 0.1) is 0 Å². The Morgan fingerprint density at radius 1 is 0.923 bits per heavy atom. The molecule has 0 unspecified atom stereocenters. The zero-order valence-corrected chi connectivity index (χ0v) is 11.4. The van der Waals surface area contributed by atoms with E-state index in [9.17, 15) is 0 Å². The molecule has 0 heterocycles. The van der Waals surface area contributed by atoms with Gasteiger partial charge in [-0.1, -0.05) is 33.9 Å². The molecule has 3 heteroatoms. The van der Waals surface area contributed by atoms with Gasteiger partial charge in [0.1, 0.15) is 0 Å². The molecule has 0 saturated carbocycles. The van der Waals surface area contributed by atoms with Crippen molar-refractivity contribution in [2.24, 2.45) is 0 Å². The summed E-state index contributed by atoms with van der Waals surface area (Å²) in [7, 11) is -1.60. The Labute approximate surface area is 84.7 Å². The zero-order chi connectivity index (χ0) is 10.9. The Morgan fingerprint density at radius 3 is 1.54 bits per heavy atom. The van der Waals surface area contributed by atoms with Crippen LogP contribution in [0.5, 0.6) is 0 Å². The van der Waals surface area contributed by atoms with E-state index in [4.69, 9.17) is 4.98 Å². The van der Waals surface area contributed by atoms with Crippen molar-refractivity contribution in [2.75, 3.05) is 0 Å². The Morgan fingerprint density at radius 2 is 1.31 bits per heavy atom. The maximum Gasteiger partial charge on any atom is 0.00673 e. The predicted molar refractivity (Wildman–Crippen MR) is 63.5 cm³/mol. The van der Waals surface area contributed by atoms with Crippen LogP contribution >= 0.6 is 0 Å². The molecule has 0 atom stereocenters.